The van der Waals surface area contributed by atoms with E-state index < -0.39 is 29.7 Å². The third-order valence-corrected chi connectivity index (χ3v) is 6.58. The fourth-order valence-corrected chi connectivity index (χ4v) is 4.52. The monoisotopic (exact) mass is 501 g/mol. The highest BCUT2D eigenvalue weighted by atomic mass is 35.5. The van der Waals surface area contributed by atoms with Crippen molar-refractivity contribution in [2.45, 2.75) is 44.6 Å². The van der Waals surface area contributed by atoms with Crippen molar-refractivity contribution in [3.63, 3.8) is 0 Å². The Labute approximate surface area is 206 Å². The third kappa shape index (κ3) is 5.85. The van der Waals surface area contributed by atoms with Crippen LogP contribution in [0.1, 0.15) is 41.9 Å². The minimum absolute atomic E-state index is 0.136. The van der Waals surface area contributed by atoms with Crippen molar-refractivity contribution in [3.8, 4) is 11.1 Å². The molecule has 4 rings (SSSR count). The van der Waals surface area contributed by atoms with Crippen molar-refractivity contribution in [1.29, 1.82) is 0 Å². The topological polar surface area (TPSA) is 88.9 Å². The summed E-state index contributed by atoms with van der Waals surface area (Å²) < 4.78 is 28.9. The van der Waals surface area contributed by atoms with Crippen molar-refractivity contribution in [2.75, 3.05) is 5.32 Å². The number of carbonyl (C=O) groups excluding carboxylic acids is 2. The van der Waals surface area contributed by atoms with Gasteiger partial charge in [-0.05, 0) is 55.5 Å². The molecule has 2 amide bonds. The summed E-state index contributed by atoms with van der Waals surface area (Å²) in [6, 6.07) is 9.53. The van der Waals surface area contributed by atoms with E-state index in [9.17, 15) is 18.4 Å². The molecule has 1 saturated carbocycles. The Morgan fingerprint density at radius 1 is 1.17 bits per heavy atom. The van der Waals surface area contributed by atoms with Crippen LogP contribution >= 0.6 is 11.6 Å². The Morgan fingerprint density at radius 3 is 2.49 bits per heavy atom. The fraction of sp³-hybridized carbons (Fsp3) is 0.360. The first-order valence-electron chi connectivity index (χ1n) is 11.3. The Kier molecular flexibility index (Phi) is 7.16. The van der Waals surface area contributed by atoms with E-state index in [1.165, 1.54) is 16.9 Å². The summed E-state index contributed by atoms with van der Waals surface area (Å²) in [6.45, 7) is 1.88. The number of benzene rings is 1. The zero-order valence-corrected chi connectivity index (χ0v) is 20.1. The number of halogens is 3. The fourth-order valence-electron chi connectivity index (χ4n) is 4.36. The number of anilines is 1. The molecule has 1 aliphatic rings. The molecule has 35 heavy (non-hydrogen) atoms. The summed E-state index contributed by atoms with van der Waals surface area (Å²) in [4.78, 5) is 30.3. The normalized spacial score (nSPS) is 16.5. The van der Waals surface area contributed by atoms with Crippen molar-refractivity contribution < 1.29 is 18.4 Å². The lowest BCUT2D eigenvalue weighted by Gasteiger charge is -2.33. The number of rotatable bonds is 6. The number of nitrogens with zero attached hydrogens (tertiary/aromatic N) is 3. The maximum Gasteiger partial charge on any atom is 0.270 e. The molecule has 0 saturated heterocycles. The molecule has 0 radical (unpaired) electrons. The molecular weight excluding hydrogens is 476 g/mol. The van der Waals surface area contributed by atoms with Crippen LogP contribution in [0, 0.1) is 12.8 Å². The molecule has 184 valence electrons. The average molecular weight is 502 g/mol. The van der Waals surface area contributed by atoms with Gasteiger partial charge in [-0.3, -0.25) is 19.3 Å². The molecule has 1 fully saturated rings. The maximum absolute atomic E-state index is 13.7. The number of pyridine rings is 1. The SMILES string of the molecule is Cc1ncc(Cl)cc1-c1ccc(NC(=O)[C@@H](NC(=O)c2ccnn2C)C2CCC(F)(F)CC2)cc1. The van der Waals surface area contributed by atoms with Crippen molar-refractivity contribution >= 4 is 29.1 Å². The van der Waals surface area contributed by atoms with E-state index >= 15 is 0 Å². The largest absolute Gasteiger partial charge is 0.339 e. The lowest BCUT2D eigenvalue weighted by Crippen LogP contribution is -2.50. The average Bonchev–Trinajstić information content (AvgIpc) is 3.26. The molecule has 10 heteroatoms. The molecular formula is C25H26ClF2N5O2. The molecule has 1 aliphatic carbocycles. The number of hydrogen-bond acceptors (Lipinski definition) is 4. The molecule has 3 aromatic rings. The predicted molar refractivity (Wildman–Crippen MR) is 129 cm³/mol. The standard InChI is InChI=1S/C25H26ClF2N5O2/c1-15-20(13-18(26)14-29-15)16-3-5-19(6-4-16)31-24(35)22(17-7-10-25(27,28)11-8-17)32-23(34)21-9-12-30-33(21)2/h3-6,9,12-14,17,22H,7-8,10-11H2,1-2H3,(H,31,35)(H,32,34)/t22-/m0/s1. The van der Waals surface area contributed by atoms with Gasteiger partial charge in [0, 0.05) is 49.2 Å². The van der Waals surface area contributed by atoms with E-state index in [1.54, 1.807) is 25.4 Å². The second kappa shape index (κ2) is 10.1. The maximum atomic E-state index is 13.7. The van der Waals surface area contributed by atoms with E-state index in [1.807, 2.05) is 25.1 Å². The van der Waals surface area contributed by atoms with Crippen LogP contribution in [0.5, 0.6) is 0 Å². The first-order chi connectivity index (χ1) is 16.6. The summed E-state index contributed by atoms with van der Waals surface area (Å²) in [5, 5.41) is 10.1. The first kappa shape index (κ1) is 24.8. The van der Waals surface area contributed by atoms with Gasteiger partial charge in [-0.1, -0.05) is 23.7 Å². The quantitative estimate of drug-likeness (QED) is 0.497. The van der Waals surface area contributed by atoms with Gasteiger partial charge in [0.05, 0.1) is 5.02 Å². The Morgan fingerprint density at radius 2 is 1.86 bits per heavy atom. The lowest BCUT2D eigenvalue weighted by molar-refractivity contribution is -0.121. The minimum atomic E-state index is -2.74. The second-order valence-electron chi connectivity index (χ2n) is 8.84. The number of carbonyl (C=O) groups is 2. The smallest absolute Gasteiger partial charge is 0.270 e. The van der Waals surface area contributed by atoms with Crippen molar-refractivity contribution in [3.05, 3.63) is 65.2 Å². The Hall–Kier alpha value is -3.33. The Balaban J connectivity index is 1.52. The minimum Gasteiger partial charge on any atom is -0.339 e. The summed E-state index contributed by atoms with van der Waals surface area (Å²) in [6.07, 6.45) is 2.70. The number of aromatic nitrogens is 3. The summed E-state index contributed by atoms with van der Waals surface area (Å²) in [5.41, 5.74) is 3.37. The molecule has 1 atom stereocenters. The molecule has 0 bridgehead atoms. The van der Waals surface area contributed by atoms with E-state index in [4.69, 9.17) is 11.6 Å². The van der Waals surface area contributed by atoms with E-state index in [0.29, 0.717) is 10.7 Å². The lowest BCUT2D eigenvalue weighted by atomic mass is 9.81. The predicted octanol–water partition coefficient (Wildman–Crippen LogP) is 5.01. The summed E-state index contributed by atoms with van der Waals surface area (Å²) >= 11 is 6.07. The van der Waals surface area contributed by atoms with Gasteiger partial charge in [0.2, 0.25) is 11.8 Å². The number of aryl methyl sites for hydroxylation is 2. The molecule has 1 aromatic carbocycles. The van der Waals surface area contributed by atoms with E-state index in [0.717, 1.165) is 16.8 Å². The number of alkyl halides is 2. The molecule has 2 aromatic heterocycles. The zero-order chi connectivity index (χ0) is 25.2. The van der Waals surface area contributed by atoms with E-state index in [-0.39, 0.29) is 31.4 Å². The van der Waals surface area contributed by atoms with Crippen LogP contribution in [-0.2, 0) is 11.8 Å². The van der Waals surface area contributed by atoms with Crippen LogP contribution in [0.25, 0.3) is 11.1 Å². The van der Waals surface area contributed by atoms with Crippen molar-refractivity contribution in [2.24, 2.45) is 13.0 Å². The number of amides is 2. The van der Waals surface area contributed by atoms with Crippen LogP contribution in [0.4, 0.5) is 14.5 Å². The molecule has 0 aliphatic heterocycles. The number of hydrogen-bond donors (Lipinski definition) is 2. The van der Waals surface area contributed by atoms with Gasteiger partial charge in [-0.2, -0.15) is 5.10 Å². The highest BCUT2D eigenvalue weighted by Gasteiger charge is 2.40. The highest BCUT2D eigenvalue weighted by molar-refractivity contribution is 6.30. The van der Waals surface area contributed by atoms with Gasteiger partial charge in [0.1, 0.15) is 11.7 Å². The highest BCUT2D eigenvalue weighted by Crippen LogP contribution is 2.38. The third-order valence-electron chi connectivity index (χ3n) is 6.37. The van der Waals surface area contributed by atoms with Crippen molar-refractivity contribution in [1.82, 2.24) is 20.1 Å². The number of nitrogens with one attached hydrogen (secondary N) is 2. The van der Waals surface area contributed by atoms with E-state index in [2.05, 4.69) is 20.7 Å². The van der Waals surface area contributed by atoms with Gasteiger partial charge in [-0.25, -0.2) is 8.78 Å². The molecule has 7 nitrogen and oxygen atoms in total. The summed E-state index contributed by atoms with van der Waals surface area (Å²) in [7, 11) is 1.61. The molecule has 2 N–H and O–H groups in total. The van der Waals surface area contributed by atoms with Crippen LogP contribution in [0.15, 0.2) is 48.8 Å². The van der Waals surface area contributed by atoms with Gasteiger partial charge >= 0.3 is 0 Å². The van der Waals surface area contributed by atoms with Crippen LogP contribution in [0.3, 0.4) is 0 Å². The van der Waals surface area contributed by atoms with Gasteiger partial charge in [-0.15, -0.1) is 0 Å². The molecule has 0 unspecified atom stereocenters. The first-order valence-corrected chi connectivity index (χ1v) is 11.7. The van der Waals surface area contributed by atoms with Gasteiger partial charge < -0.3 is 10.6 Å². The van der Waals surface area contributed by atoms with Gasteiger partial charge in [0.25, 0.3) is 5.91 Å². The van der Waals surface area contributed by atoms with Gasteiger partial charge in [0.15, 0.2) is 0 Å². The van der Waals surface area contributed by atoms with Crippen LogP contribution < -0.4 is 10.6 Å². The summed E-state index contributed by atoms with van der Waals surface area (Å²) in [5.74, 6) is -4.09. The van der Waals surface area contributed by atoms with Crippen LogP contribution in [0.2, 0.25) is 5.02 Å². The zero-order valence-electron chi connectivity index (χ0n) is 19.4. The van der Waals surface area contributed by atoms with Crippen LogP contribution in [-0.4, -0.2) is 38.5 Å². The molecule has 0 spiro atoms. The molecule has 2 heterocycles. The second-order valence-corrected chi connectivity index (χ2v) is 9.27. The Bertz CT molecular complexity index is 1220.